The Morgan fingerprint density at radius 3 is 2.47 bits per heavy atom. The summed E-state index contributed by atoms with van der Waals surface area (Å²) in [5.41, 5.74) is -1.64. The molecule has 0 aliphatic carbocycles. The van der Waals surface area contributed by atoms with Crippen LogP contribution in [0.5, 0.6) is 0 Å². The van der Waals surface area contributed by atoms with Crippen molar-refractivity contribution in [2.75, 3.05) is 39.5 Å². The largest absolute Gasteiger partial charge is 0.394 e. The van der Waals surface area contributed by atoms with Gasteiger partial charge in [0.25, 0.3) is 0 Å². The Kier molecular flexibility index (Phi) is 10.0. The van der Waals surface area contributed by atoms with E-state index >= 15 is 0 Å². The van der Waals surface area contributed by atoms with E-state index in [0.717, 1.165) is 16.8 Å². The molecule has 11 nitrogen and oxygen atoms in total. The maximum Gasteiger partial charge on any atom is 0.248 e. The van der Waals surface area contributed by atoms with E-state index in [2.05, 4.69) is 10.3 Å². The van der Waals surface area contributed by atoms with Crippen LogP contribution in [-0.2, 0) is 29.8 Å². The van der Waals surface area contributed by atoms with Gasteiger partial charge in [0, 0.05) is 23.5 Å². The van der Waals surface area contributed by atoms with Gasteiger partial charge in [-0.15, -0.1) is 5.10 Å². The normalized spacial score (nSPS) is 25.1. The second-order valence-electron chi connectivity index (χ2n) is 9.69. The van der Waals surface area contributed by atoms with Crippen molar-refractivity contribution in [1.82, 2.24) is 19.9 Å². The number of halogens is 5. The Morgan fingerprint density at radius 2 is 1.81 bits per heavy atom. The highest BCUT2D eigenvalue weighted by molar-refractivity contribution is 7.85. The average molecular weight is 665 g/mol. The number of aliphatic hydroxyl groups excluding tert-OH is 2. The van der Waals surface area contributed by atoms with Gasteiger partial charge < -0.3 is 29.3 Å². The minimum atomic E-state index is -2.07. The molecule has 2 saturated heterocycles. The zero-order valence-corrected chi connectivity index (χ0v) is 24.4. The summed E-state index contributed by atoms with van der Waals surface area (Å²) in [6.07, 6.45) is -3.00. The van der Waals surface area contributed by atoms with Crippen molar-refractivity contribution in [2.24, 2.45) is 0 Å². The molecule has 43 heavy (non-hydrogen) atoms. The van der Waals surface area contributed by atoms with Crippen molar-refractivity contribution in [3.8, 4) is 11.3 Å². The number of morpholine rings is 1. The number of amides is 1. The monoisotopic (exact) mass is 664 g/mol. The van der Waals surface area contributed by atoms with Crippen LogP contribution in [0.25, 0.3) is 11.3 Å². The maximum atomic E-state index is 13.9. The predicted molar refractivity (Wildman–Crippen MR) is 146 cm³/mol. The smallest absolute Gasteiger partial charge is 0.248 e. The second kappa shape index (κ2) is 13.6. The minimum Gasteiger partial charge on any atom is -0.394 e. The molecular formula is C26H25Cl2F3N4O7S. The number of rotatable bonds is 8. The molecule has 5 rings (SSSR count). The third-order valence-electron chi connectivity index (χ3n) is 7.02. The van der Waals surface area contributed by atoms with Gasteiger partial charge in [-0.3, -0.25) is 9.00 Å². The number of carbonyl (C=O) groups excluding carboxylic acids is 1. The standard InChI is InChI=1S/C26H25Cl2F3N4O7S/c27-15-2-1-14(9-16(15)28)43(39)26-25(41-12-21(37)34-3-5-40-6-4-34)23(24(38)20(11-36)42-26)35-10-19(32-33-35)13-7-17(29)22(31)18(30)8-13/h1-2,7-10,20,23-26,36,38H,3-6,11-12H2/t20-,23+,24+,25-,26-,43?/m1/s1. The fourth-order valence-electron chi connectivity index (χ4n) is 4.78. The molecule has 0 spiro atoms. The summed E-state index contributed by atoms with van der Waals surface area (Å²) in [5, 5.41) is 29.5. The van der Waals surface area contributed by atoms with Crippen LogP contribution in [0.4, 0.5) is 13.2 Å². The molecule has 1 aromatic heterocycles. The van der Waals surface area contributed by atoms with Gasteiger partial charge in [0.05, 0.1) is 46.9 Å². The fourth-order valence-corrected chi connectivity index (χ4v) is 6.57. The van der Waals surface area contributed by atoms with E-state index < -0.39 is 77.2 Å². The van der Waals surface area contributed by atoms with E-state index in [1.165, 1.54) is 29.3 Å². The van der Waals surface area contributed by atoms with E-state index in [1.807, 2.05) is 0 Å². The zero-order chi connectivity index (χ0) is 30.8. The summed E-state index contributed by atoms with van der Waals surface area (Å²) >= 11 is 12.2. The van der Waals surface area contributed by atoms with Gasteiger partial charge in [0.2, 0.25) is 5.91 Å². The zero-order valence-electron chi connectivity index (χ0n) is 22.1. The molecule has 0 radical (unpaired) electrons. The Balaban J connectivity index is 1.52. The molecule has 17 heteroatoms. The summed E-state index contributed by atoms with van der Waals surface area (Å²) in [4.78, 5) is 14.6. The SMILES string of the molecule is O=C(CO[C@@H]1[C@@H](n2cc(-c3cc(F)c(F)c(F)c3)nn2)[C@@H](O)[C@@H](CO)O[C@@H]1S(=O)c1ccc(Cl)c(Cl)c1)N1CCOCC1. The first-order valence-corrected chi connectivity index (χ1v) is 14.9. The lowest BCUT2D eigenvalue weighted by molar-refractivity contribution is -0.197. The van der Waals surface area contributed by atoms with E-state index in [9.17, 15) is 32.4 Å². The van der Waals surface area contributed by atoms with Crippen LogP contribution in [0.3, 0.4) is 0 Å². The number of aliphatic hydroxyl groups is 2. The van der Waals surface area contributed by atoms with E-state index in [-0.39, 0.29) is 26.2 Å². The first-order chi connectivity index (χ1) is 20.6. The number of hydrogen-bond donors (Lipinski definition) is 2. The van der Waals surface area contributed by atoms with Crippen molar-refractivity contribution < 1.29 is 46.6 Å². The molecule has 3 heterocycles. The van der Waals surface area contributed by atoms with E-state index in [1.54, 1.807) is 0 Å². The van der Waals surface area contributed by atoms with Gasteiger partial charge in [0.15, 0.2) is 22.9 Å². The van der Waals surface area contributed by atoms with Gasteiger partial charge >= 0.3 is 0 Å². The van der Waals surface area contributed by atoms with Gasteiger partial charge in [-0.05, 0) is 30.3 Å². The Hall–Kier alpha value is -2.63. The Morgan fingerprint density at radius 1 is 1.12 bits per heavy atom. The summed E-state index contributed by atoms with van der Waals surface area (Å²) in [6, 6.07) is 4.40. The highest BCUT2D eigenvalue weighted by atomic mass is 35.5. The molecule has 0 bridgehead atoms. The molecule has 2 aliphatic heterocycles. The van der Waals surface area contributed by atoms with Crippen LogP contribution in [0.1, 0.15) is 6.04 Å². The summed E-state index contributed by atoms with van der Waals surface area (Å²) in [6.45, 7) is 0.131. The molecule has 2 aliphatic rings. The van der Waals surface area contributed by atoms with Crippen LogP contribution >= 0.6 is 23.2 Å². The van der Waals surface area contributed by atoms with Crippen LogP contribution < -0.4 is 0 Å². The molecule has 2 aromatic carbocycles. The molecule has 1 unspecified atom stereocenters. The lowest BCUT2D eigenvalue weighted by Crippen LogP contribution is -2.58. The first-order valence-electron chi connectivity index (χ1n) is 12.9. The second-order valence-corrected chi connectivity index (χ2v) is 12.0. The average Bonchev–Trinajstić information content (AvgIpc) is 3.49. The Labute approximate surface area is 255 Å². The molecule has 6 atom stereocenters. The molecule has 2 N–H and O–H groups in total. The Bertz CT molecular complexity index is 1490. The number of benzene rings is 2. The fraction of sp³-hybridized carbons (Fsp3) is 0.423. The van der Waals surface area contributed by atoms with Crippen LogP contribution in [0, 0.1) is 17.5 Å². The van der Waals surface area contributed by atoms with Crippen molar-refractivity contribution in [2.45, 2.75) is 34.7 Å². The highest BCUT2D eigenvalue weighted by Crippen LogP contribution is 2.37. The lowest BCUT2D eigenvalue weighted by Gasteiger charge is -2.43. The van der Waals surface area contributed by atoms with Gasteiger partial charge in [-0.1, -0.05) is 28.4 Å². The number of hydrogen-bond acceptors (Lipinski definition) is 9. The predicted octanol–water partition coefficient (Wildman–Crippen LogP) is 2.34. The van der Waals surface area contributed by atoms with E-state index in [4.69, 9.17) is 37.4 Å². The van der Waals surface area contributed by atoms with E-state index in [0.29, 0.717) is 26.3 Å². The van der Waals surface area contributed by atoms with Crippen LogP contribution in [-0.4, -0.2) is 103 Å². The molecule has 0 saturated carbocycles. The van der Waals surface area contributed by atoms with Crippen molar-refractivity contribution in [1.29, 1.82) is 0 Å². The quantitative estimate of drug-likeness (QED) is 0.348. The number of carbonyl (C=O) groups is 1. The van der Waals surface area contributed by atoms with Gasteiger partial charge in [-0.2, -0.15) is 0 Å². The lowest BCUT2D eigenvalue weighted by atomic mass is 9.97. The summed E-state index contributed by atoms with van der Waals surface area (Å²) in [5.74, 6) is -4.96. The highest BCUT2D eigenvalue weighted by Gasteiger charge is 2.50. The first kappa shape index (κ1) is 31.8. The molecular weight excluding hydrogens is 640 g/mol. The van der Waals surface area contributed by atoms with Gasteiger partial charge in [-0.25, -0.2) is 17.9 Å². The van der Waals surface area contributed by atoms with Crippen LogP contribution in [0.15, 0.2) is 41.4 Å². The minimum absolute atomic E-state index is 0.0951. The topological polar surface area (TPSA) is 136 Å². The molecule has 3 aromatic rings. The van der Waals surface area contributed by atoms with Crippen molar-refractivity contribution in [3.63, 3.8) is 0 Å². The van der Waals surface area contributed by atoms with Crippen LogP contribution in [0.2, 0.25) is 10.0 Å². The number of ether oxygens (including phenoxy) is 3. The molecule has 1 amide bonds. The van der Waals surface area contributed by atoms with Crippen molar-refractivity contribution in [3.05, 3.63) is 64.0 Å². The summed E-state index contributed by atoms with van der Waals surface area (Å²) < 4.78 is 73.5. The number of aromatic nitrogens is 3. The molecule has 2 fully saturated rings. The third kappa shape index (κ3) is 6.73. The summed E-state index contributed by atoms with van der Waals surface area (Å²) in [7, 11) is -2.07. The number of nitrogens with zero attached hydrogens (tertiary/aromatic N) is 4. The van der Waals surface area contributed by atoms with Crippen molar-refractivity contribution >= 4 is 39.9 Å². The van der Waals surface area contributed by atoms with Gasteiger partial charge in [0.1, 0.15) is 36.7 Å². The third-order valence-corrected chi connectivity index (χ3v) is 9.28. The molecule has 232 valence electrons. The maximum absolute atomic E-state index is 13.9.